The van der Waals surface area contributed by atoms with Crippen LogP contribution in [0.3, 0.4) is 0 Å². The smallest absolute Gasteiger partial charge is 0.416 e. The number of amides is 1. The maximum atomic E-state index is 13.1. The number of carbonyl (C=O) groups excluding carboxylic acids is 1. The number of hydrogen-bond donors (Lipinski definition) is 1. The molecule has 0 saturated carbocycles. The van der Waals surface area contributed by atoms with E-state index in [2.05, 4.69) is 5.32 Å². The quantitative estimate of drug-likeness (QED) is 0.571. The summed E-state index contributed by atoms with van der Waals surface area (Å²) in [4.78, 5) is 12.7. The second-order valence-corrected chi connectivity index (χ2v) is 7.14. The van der Waals surface area contributed by atoms with Gasteiger partial charge in [0, 0.05) is 12.1 Å². The molecule has 0 radical (unpaired) electrons. The second kappa shape index (κ2) is 8.54. The first-order valence-electron chi connectivity index (χ1n) is 8.42. The van der Waals surface area contributed by atoms with Gasteiger partial charge in [-0.05, 0) is 54.6 Å². The summed E-state index contributed by atoms with van der Waals surface area (Å²) in [5, 5.41) is 2.47. The van der Waals surface area contributed by atoms with Gasteiger partial charge in [-0.1, -0.05) is 6.08 Å². The zero-order valence-corrected chi connectivity index (χ0v) is 15.9. The van der Waals surface area contributed by atoms with Gasteiger partial charge in [0.25, 0.3) is 5.91 Å². The van der Waals surface area contributed by atoms with Crippen LogP contribution >= 0.6 is 0 Å². The Balaban J connectivity index is 1.93. The maximum Gasteiger partial charge on any atom is 0.416 e. The summed E-state index contributed by atoms with van der Waals surface area (Å²) < 4.78 is 80.0. The van der Waals surface area contributed by atoms with Crippen molar-refractivity contribution in [2.45, 2.75) is 12.6 Å². The fourth-order valence-corrected chi connectivity index (χ4v) is 3.05. The molecule has 5 nitrogen and oxygen atoms in total. The number of ether oxygens (including phenoxy) is 1. The van der Waals surface area contributed by atoms with E-state index in [1.54, 1.807) is 0 Å². The maximum absolute atomic E-state index is 13.1. The van der Waals surface area contributed by atoms with Crippen molar-refractivity contribution in [1.29, 1.82) is 0 Å². The molecule has 1 aliphatic carbocycles. The van der Waals surface area contributed by atoms with Gasteiger partial charge in [-0.25, -0.2) is 4.39 Å². The first kappa shape index (κ1) is 21.3. The molecule has 3 rings (SSSR count). The molecule has 0 heterocycles. The highest BCUT2D eigenvalue weighted by atomic mass is 32.2. The molecule has 0 spiro atoms. The van der Waals surface area contributed by atoms with Gasteiger partial charge in [-0.3, -0.25) is 4.79 Å². The van der Waals surface area contributed by atoms with Gasteiger partial charge in [0.1, 0.15) is 17.3 Å². The minimum Gasteiger partial charge on any atom is -0.457 e. The van der Waals surface area contributed by atoms with Crippen LogP contribution in [0.2, 0.25) is 0 Å². The van der Waals surface area contributed by atoms with Gasteiger partial charge in [-0.15, -0.1) is 0 Å². The van der Waals surface area contributed by atoms with Crippen LogP contribution in [-0.4, -0.2) is 19.2 Å². The minimum absolute atomic E-state index is 0.0296. The van der Waals surface area contributed by atoms with Crippen LogP contribution in [0, 0.1) is 5.82 Å². The van der Waals surface area contributed by atoms with Crippen molar-refractivity contribution in [3.05, 3.63) is 83.3 Å². The van der Waals surface area contributed by atoms with Crippen LogP contribution in [-0.2, 0) is 16.5 Å². The third-order valence-electron chi connectivity index (χ3n) is 4.03. The highest BCUT2D eigenvalue weighted by molar-refractivity contribution is 7.73. The van der Waals surface area contributed by atoms with E-state index in [1.165, 1.54) is 30.4 Å². The van der Waals surface area contributed by atoms with Crippen LogP contribution in [0.5, 0.6) is 11.5 Å². The molecule has 1 N–H and O–H groups in total. The van der Waals surface area contributed by atoms with Crippen LogP contribution in [0.4, 0.5) is 17.6 Å². The molecule has 0 fully saturated rings. The molecule has 0 atom stereocenters. The van der Waals surface area contributed by atoms with Crippen LogP contribution in [0.15, 0.2) is 66.4 Å². The monoisotopic (exact) mass is 439 g/mol. The van der Waals surface area contributed by atoms with Crippen molar-refractivity contribution in [3.8, 4) is 11.5 Å². The SMILES string of the molecule is O=C(NC1=CC=CC(=S(=O)=O)C1)c1ccc(C(F)(F)F)cc1Oc1ccc(F)cc1. The average Bonchev–Trinajstić information content (AvgIpc) is 2.69. The van der Waals surface area contributed by atoms with Gasteiger partial charge in [0.05, 0.1) is 16.0 Å². The van der Waals surface area contributed by atoms with Crippen molar-refractivity contribution in [2.24, 2.45) is 0 Å². The van der Waals surface area contributed by atoms with E-state index >= 15 is 0 Å². The lowest BCUT2D eigenvalue weighted by Gasteiger charge is -2.16. The summed E-state index contributed by atoms with van der Waals surface area (Å²) in [7, 11) is -2.47. The first-order valence-corrected chi connectivity index (χ1v) is 9.49. The fraction of sp³-hybridized carbons (Fsp3) is 0.100. The topological polar surface area (TPSA) is 72.5 Å². The zero-order chi connectivity index (χ0) is 21.9. The number of halogens is 4. The largest absolute Gasteiger partial charge is 0.457 e. The van der Waals surface area contributed by atoms with Gasteiger partial charge < -0.3 is 10.1 Å². The number of carbonyl (C=O) groups is 1. The Morgan fingerprint density at radius 1 is 1.07 bits per heavy atom. The summed E-state index contributed by atoms with van der Waals surface area (Å²) in [5.74, 6) is -1.72. The predicted molar refractivity (Wildman–Crippen MR) is 101 cm³/mol. The summed E-state index contributed by atoms with van der Waals surface area (Å²) in [6.45, 7) is 0. The lowest BCUT2D eigenvalue weighted by molar-refractivity contribution is -0.137. The van der Waals surface area contributed by atoms with E-state index in [9.17, 15) is 30.8 Å². The fourth-order valence-electron chi connectivity index (χ4n) is 2.59. The molecular weight excluding hydrogens is 426 g/mol. The number of alkyl halides is 3. The van der Waals surface area contributed by atoms with Crippen LogP contribution in [0.25, 0.3) is 0 Å². The van der Waals surface area contributed by atoms with Crippen LogP contribution < -0.4 is 10.1 Å². The molecule has 0 aromatic heterocycles. The zero-order valence-electron chi connectivity index (χ0n) is 15.0. The second-order valence-electron chi connectivity index (χ2n) is 6.15. The molecule has 1 aliphatic rings. The summed E-state index contributed by atoms with van der Waals surface area (Å²) in [5.41, 5.74) is -1.00. The van der Waals surface area contributed by atoms with E-state index in [0.717, 1.165) is 24.3 Å². The molecule has 0 unspecified atom stereocenters. The van der Waals surface area contributed by atoms with Gasteiger partial charge in [0.2, 0.25) is 10.3 Å². The average molecular weight is 439 g/mol. The molecule has 156 valence electrons. The summed E-state index contributed by atoms with van der Waals surface area (Å²) in [6, 6.07) is 6.87. The van der Waals surface area contributed by atoms with Gasteiger partial charge in [-0.2, -0.15) is 21.6 Å². The molecule has 0 bridgehead atoms. The van der Waals surface area contributed by atoms with E-state index in [0.29, 0.717) is 6.07 Å². The number of benzene rings is 2. The summed E-state index contributed by atoms with van der Waals surface area (Å²) in [6.07, 6.45) is -0.493. The first-order chi connectivity index (χ1) is 14.1. The molecule has 1 amide bonds. The van der Waals surface area contributed by atoms with E-state index in [1.807, 2.05) is 0 Å². The minimum atomic E-state index is -4.67. The van der Waals surface area contributed by atoms with Crippen molar-refractivity contribution >= 4 is 21.1 Å². The molecule has 2 aromatic rings. The highest BCUT2D eigenvalue weighted by Gasteiger charge is 2.32. The lowest BCUT2D eigenvalue weighted by Crippen LogP contribution is -2.25. The Labute approximate surface area is 169 Å². The van der Waals surface area contributed by atoms with Gasteiger partial charge in [0.15, 0.2) is 0 Å². The Morgan fingerprint density at radius 2 is 1.77 bits per heavy atom. The molecule has 0 saturated heterocycles. The van der Waals surface area contributed by atoms with Crippen molar-refractivity contribution < 1.29 is 35.5 Å². The number of hydrogen-bond acceptors (Lipinski definition) is 4. The lowest BCUT2D eigenvalue weighted by atomic mass is 10.1. The van der Waals surface area contributed by atoms with E-state index < -0.39 is 39.5 Å². The van der Waals surface area contributed by atoms with E-state index in [4.69, 9.17) is 4.74 Å². The molecule has 30 heavy (non-hydrogen) atoms. The molecule has 0 aliphatic heterocycles. The Hall–Kier alpha value is -3.40. The molecule has 10 heteroatoms. The standard InChI is InChI=1S/C20H13F4NO4S/c21-13-5-7-15(8-6-13)29-18-10-12(20(22,23)24)4-9-17(18)19(26)25-14-2-1-3-16(11-14)30(27)28/h1-10H,11H2,(H,25,26). The normalized spacial score (nSPS) is 13.6. The predicted octanol–water partition coefficient (Wildman–Crippen LogP) is 4.26. The van der Waals surface area contributed by atoms with Crippen molar-refractivity contribution in [1.82, 2.24) is 5.32 Å². The Morgan fingerprint density at radius 3 is 2.40 bits per heavy atom. The highest BCUT2D eigenvalue weighted by Crippen LogP contribution is 2.35. The molecular formula is C20H13F4NO4S. The summed E-state index contributed by atoms with van der Waals surface area (Å²) >= 11 is 0. The Bertz CT molecular complexity index is 1170. The Kier molecular flexibility index (Phi) is 6.06. The van der Waals surface area contributed by atoms with E-state index in [-0.39, 0.29) is 28.3 Å². The number of nitrogens with one attached hydrogen (secondary N) is 1. The number of allylic oxidation sites excluding steroid dienone is 4. The van der Waals surface area contributed by atoms with Crippen molar-refractivity contribution in [2.75, 3.05) is 0 Å². The van der Waals surface area contributed by atoms with Gasteiger partial charge >= 0.3 is 6.18 Å². The third-order valence-corrected chi connectivity index (χ3v) is 4.74. The third kappa shape index (κ3) is 5.15. The number of rotatable bonds is 4. The van der Waals surface area contributed by atoms with Crippen LogP contribution in [0.1, 0.15) is 22.3 Å². The molecule has 2 aromatic carbocycles. The van der Waals surface area contributed by atoms with Crippen molar-refractivity contribution in [3.63, 3.8) is 0 Å².